The second-order valence-electron chi connectivity index (χ2n) is 4.95. The van der Waals surface area contributed by atoms with E-state index < -0.39 is 17.7 Å². The summed E-state index contributed by atoms with van der Waals surface area (Å²) in [7, 11) is 0. The highest BCUT2D eigenvalue weighted by molar-refractivity contribution is 6.06. The van der Waals surface area contributed by atoms with E-state index in [1.54, 1.807) is 0 Å². The van der Waals surface area contributed by atoms with Crippen molar-refractivity contribution in [3.05, 3.63) is 29.8 Å². The van der Waals surface area contributed by atoms with E-state index in [-0.39, 0.29) is 30.0 Å². The molecule has 0 bridgehead atoms. The Balaban J connectivity index is 2.32. The molecule has 0 aliphatic carbocycles. The van der Waals surface area contributed by atoms with Gasteiger partial charge in [-0.1, -0.05) is 20.3 Å². The monoisotopic (exact) mass is 282 g/mol. The summed E-state index contributed by atoms with van der Waals surface area (Å²) in [5.41, 5.74) is 0.192. The van der Waals surface area contributed by atoms with Gasteiger partial charge in [0, 0.05) is 11.8 Å². The standard InChI is InChI=1S/C14H16F2N2O2/c1-3-8(2)13-14(20)18(7-12(19)17-13)9-4-5-10(15)11(16)6-9/h4-6,8,13H,3,7H2,1-2H3,(H,17,19). The number of amides is 2. The predicted molar refractivity (Wildman–Crippen MR) is 70.1 cm³/mol. The van der Waals surface area contributed by atoms with E-state index in [9.17, 15) is 18.4 Å². The molecular formula is C14H16F2N2O2. The van der Waals surface area contributed by atoms with Gasteiger partial charge in [-0.3, -0.25) is 9.59 Å². The smallest absolute Gasteiger partial charge is 0.250 e. The van der Waals surface area contributed by atoms with Crippen molar-refractivity contribution < 1.29 is 18.4 Å². The molecular weight excluding hydrogens is 266 g/mol. The number of carbonyl (C=O) groups excluding carboxylic acids is 2. The van der Waals surface area contributed by atoms with Crippen molar-refractivity contribution in [3.8, 4) is 0 Å². The lowest BCUT2D eigenvalue weighted by molar-refractivity contribution is -0.132. The van der Waals surface area contributed by atoms with Crippen molar-refractivity contribution in [1.82, 2.24) is 5.32 Å². The molecule has 2 atom stereocenters. The average molecular weight is 282 g/mol. The highest BCUT2D eigenvalue weighted by atomic mass is 19.2. The maximum absolute atomic E-state index is 13.3. The summed E-state index contributed by atoms with van der Waals surface area (Å²) in [6, 6.07) is 2.54. The third-order valence-corrected chi connectivity index (χ3v) is 3.58. The predicted octanol–water partition coefficient (Wildman–Crippen LogP) is 1.84. The topological polar surface area (TPSA) is 49.4 Å². The van der Waals surface area contributed by atoms with Crippen LogP contribution in [0.2, 0.25) is 0 Å². The molecule has 1 saturated heterocycles. The van der Waals surface area contributed by atoms with E-state index in [0.29, 0.717) is 0 Å². The van der Waals surface area contributed by atoms with Gasteiger partial charge in [-0.2, -0.15) is 0 Å². The van der Waals surface area contributed by atoms with Crippen LogP contribution in [0.3, 0.4) is 0 Å². The normalized spacial score (nSPS) is 20.8. The number of nitrogens with zero attached hydrogens (tertiary/aromatic N) is 1. The van der Waals surface area contributed by atoms with Gasteiger partial charge in [-0.15, -0.1) is 0 Å². The number of benzene rings is 1. The summed E-state index contributed by atoms with van der Waals surface area (Å²) in [5, 5.41) is 2.64. The lowest BCUT2D eigenvalue weighted by Crippen LogP contribution is -2.60. The zero-order valence-corrected chi connectivity index (χ0v) is 11.3. The fourth-order valence-corrected chi connectivity index (χ4v) is 2.16. The summed E-state index contributed by atoms with van der Waals surface area (Å²) in [6.45, 7) is 3.59. The van der Waals surface area contributed by atoms with Crippen LogP contribution in [0, 0.1) is 17.6 Å². The number of hydrogen-bond acceptors (Lipinski definition) is 2. The Labute approximate surface area is 115 Å². The zero-order valence-electron chi connectivity index (χ0n) is 11.3. The van der Waals surface area contributed by atoms with Crippen molar-refractivity contribution in [3.63, 3.8) is 0 Å². The lowest BCUT2D eigenvalue weighted by Gasteiger charge is -2.35. The number of carbonyl (C=O) groups is 2. The van der Waals surface area contributed by atoms with Gasteiger partial charge in [0.2, 0.25) is 11.8 Å². The van der Waals surface area contributed by atoms with Crippen LogP contribution in [0.1, 0.15) is 20.3 Å². The summed E-state index contributed by atoms with van der Waals surface area (Å²) < 4.78 is 26.2. The molecule has 20 heavy (non-hydrogen) atoms. The Kier molecular flexibility index (Phi) is 4.01. The second kappa shape index (κ2) is 5.56. The summed E-state index contributed by atoms with van der Waals surface area (Å²) in [6.07, 6.45) is 0.725. The third-order valence-electron chi connectivity index (χ3n) is 3.58. The number of hydrogen-bond donors (Lipinski definition) is 1. The minimum absolute atomic E-state index is 0.0282. The quantitative estimate of drug-likeness (QED) is 0.919. The van der Waals surface area contributed by atoms with Gasteiger partial charge in [0.25, 0.3) is 0 Å². The maximum Gasteiger partial charge on any atom is 0.250 e. The largest absolute Gasteiger partial charge is 0.342 e. The minimum Gasteiger partial charge on any atom is -0.342 e. The van der Waals surface area contributed by atoms with E-state index in [1.807, 2.05) is 13.8 Å². The van der Waals surface area contributed by atoms with Gasteiger partial charge in [0.1, 0.15) is 12.6 Å². The minimum atomic E-state index is -1.04. The Bertz CT molecular complexity index is 548. The molecule has 1 aromatic rings. The van der Waals surface area contributed by atoms with E-state index in [2.05, 4.69) is 5.32 Å². The molecule has 1 aromatic carbocycles. The molecule has 1 N–H and O–H groups in total. The first kappa shape index (κ1) is 14.4. The molecule has 1 fully saturated rings. The van der Waals surface area contributed by atoms with Crippen LogP contribution in [0.5, 0.6) is 0 Å². The van der Waals surface area contributed by atoms with Crippen LogP contribution < -0.4 is 10.2 Å². The van der Waals surface area contributed by atoms with Crippen molar-refractivity contribution in [2.45, 2.75) is 26.3 Å². The second-order valence-corrected chi connectivity index (χ2v) is 4.95. The van der Waals surface area contributed by atoms with Crippen molar-refractivity contribution >= 4 is 17.5 Å². The molecule has 4 nitrogen and oxygen atoms in total. The number of piperazine rings is 1. The van der Waals surface area contributed by atoms with Crippen LogP contribution in [0.15, 0.2) is 18.2 Å². The van der Waals surface area contributed by atoms with E-state index in [0.717, 1.165) is 18.6 Å². The van der Waals surface area contributed by atoms with E-state index in [1.165, 1.54) is 11.0 Å². The van der Waals surface area contributed by atoms with Crippen LogP contribution in [0.4, 0.5) is 14.5 Å². The molecule has 0 saturated carbocycles. The number of halogens is 2. The van der Waals surface area contributed by atoms with Crippen LogP contribution in [0.25, 0.3) is 0 Å². The van der Waals surface area contributed by atoms with Gasteiger partial charge in [0.15, 0.2) is 11.6 Å². The summed E-state index contributed by atoms with van der Waals surface area (Å²) in [5.74, 6) is -2.66. The molecule has 2 unspecified atom stereocenters. The SMILES string of the molecule is CCC(C)C1NC(=O)CN(c2ccc(F)c(F)c2)C1=O. The lowest BCUT2D eigenvalue weighted by atomic mass is 9.96. The first-order chi connectivity index (χ1) is 9.43. The Morgan fingerprint density at radius 2 is 2.05 bits per heavy atom. The molecule has 0 spiro atoms. The Morgan fingerprint density at radius 1 is 1.35 bits per heavy atom. The Morgan fingerprint density at radius 3 is 2.65 bits per heavy atom. The Hall–Kier alpha value is -1.98. The van der Waals surface area contributed by atoms with Gasteiger partial charge in [0.05, 0.1) is 0 Å². The number of nitrogens with one attached hydrogen (secondary N) is 1. The highest BCUT2D eigenvalue weighted by Gasteiger charge is 2.36. The number of anilines is 1. The zero-order chi connectivity index (χ0) is 14.9. The van der Waals surface area contributed by atoms with E-state index >= 15 is 0 Å². The molecule has 2 amide bonds. The maximum atomic E-state index is 13.3. The van der Waals surface area contributed by atoms with Gasteiger partial charge in [-0.05, 0) is 18.1 Å². The summed E-state index contributed by atoms with van der Waals surface area (Å²) >= 11 is 0. The van der Waals surface area contributed by atoms with Crippen molar-refractivity contribution in [1.29, 1.82) is 0 Å². The van der Waals surface area contributed by atoms with E-state index in [4.69, 9.17) is 0 Å². The molecule has 1 aliphatic heterocycles. The molecule has 0 radical (unpaired) electrons. The van der Waals surface area contributed by atoms with Crippen molar-refractivity contribution in [2.75, 3.05) is 11.4 Å². The van der Waals surface area contributed by atoms with Gasteiger partial charge >= 0.3 is 0 Å². The number of rotatable bonds is 3. The molecule has 1 aliphatic rings. The molecule has 6 heteroatoms. The van der Waals surface area contributed by atoms with Gasteiger partial charge < -0.3 is 10.2 Å². The molecule has 1 heterocycles. The fourth-order valence-electron chi connectivity index (χ4n) is 2.16. The molecule has 108 valence electrons. The molecule has 2 rings (SSSR count). The third kappa shape index (κ3) is 2.64. The van der Waals surface area contributed by atoms with Gasteiger partial charge in [-0.25, -0.2) is 8.78 Å². The van der Waals surface area contributed by atoms with Crippen molar-refractivity contribution in [2.24, 2.45) is 5.92 Å². The van der Waals surface area contributed by atoms with Crippen LogP contribution in [-0.2, 0) is 9.59 Å². The average Bonchev–Trinajstić information content (AvgIpc) is 2.43. The first-order valence-corrected chi connectivity index (χ1v) is 6.49. The van der Waals surface area contributed by atoms with Crippen LogP contribution >= 0.6 is 0 Å². The summed E-state index contributed by atoms with van der Waals surface area (Å²) in [4.78, 5) is 25.3. The van der Waals surface area contributed by atoms with Crippen LogP contribution in [-0.4, -0.2) is 24.4 Å². The highest BCUT2D eigenvalue weighted by Crippen LogP contribution is 2.22. The first-order valence-electron chi connectivity index (χ1n) is 6.49. The molecule has 0 aromatic heterocycles. The fraction of sp³-hybridized carbons (Fsp3) is 0.429.